The number of hydroxylamine groups is 2. The molecule has 3 heterocycles. The predicted octanol–water partition coefficient (Wildman–Crippen LogP) is 2.38. The molecule has 0 N–H and O–H groups in total. The predicted molar refractivity (Wildman–Crippen MR) is 103 cm³/mol. The van der Waals surface area contributed by atoms with Crippen molar-refractivity contribution in [2.75, 3.05) is 6.54 Å². The minimum Gasteiger partial charge on any atom is -0.504 e. The van der Waals surface area contributed by atoms with Crippen LogP contribution in [0.2, 0.25) is 13.1 Å². The Morgan fingerprint density at radius 2 is 2.11 bits per heavy atom. The van der Waals surface area contributed by atoms with E-state index < -0.39 is 8.48 Å². The number of fused-ring (bicyclic) bond motifs is 1. The van der Waals surface area contributed by atoms with Crippen molar-refractivity contribution in [3.8, 4) is 0 Å². The minimum atomic E-state index is -2.27. The van der Waals surface area contributed by atoms with Crippen molar-refractivity contribution >= 4 is 20.5 Å². The molecule has 0 spiro atoms. The van der Waals surface area contributed by atoms with Gasteiger partial charge in [-0.15, -0.1) is 0 Å². The molecule has 0 radical (unpaired) electrons. The van der Waals surface area contributed by atoms with E-state index in [1.54, 1.807) is 12.4 Å². The molecule has 2 atom stereocenters. The largest absolute Gasteiger partial charge is 0.504 e. The van der Waals surface area contributed by atoms with Crippen LogP contribution in [-0.4, -0.2) is 58.3 Å². The number of piperidine rings is 1. The van der Waals surface area contributed by atoms with E-state index in [1.165, 1.54) is 16.0 Å². The monoisotopic (exact) mass is 400 g/mol. The molecule has 2 aromatic rings. The number of carbonyl (C=O) groups is 2. The van der Waals surface area contributed by atoms with Crippen molar-refractivity contribution in [2.24, 2.45) is 0 Å². The molecule has 4 rings (SSSR count). The maximum Gasteiger partial charge on any atom is 0.353 e. The summed E-state index contributed by atoms with van der Waals surface area (Å²) in [6.45, 7) is 4.88. The van der Waals surface area contributed by atoms with E-state index >= 15 is 0 Å². The zero-order valence-electron chi connectivity index (χ0n) is 16.0. The lowest BCUT2D eigenvalue weighted by Gasteiger charge is -2.41. The Hall–Kier alpha value is -2.49. The summed E-state index contributed by atoms with van der Waals surface area (Å²) in [5, 5.41) is 1.44. The van der Waals surface area contributed by atoms with Crippen molar-refractivity contribution in [1.82, 2.24) is 19.2 Å². The van der Waals surface area contributed by atoms with Gasteiger partial charge in [-0.05, 0) is 31.5 Å². The van der Waals surface area contributed by atoms with E-state index in [9.17, 15) is 9.59 Å². The quantitative estimate of drug-likeness (QED) is 0.579. The molecule has 28 heavy (non-hydrogen) atoms. The Morgan fingerprint density at radius 3 is 2.82 bits per heavy atom. The number of aromatic nitrogens is 2. The molecule has 8 nitrogen and oxygen atoms in total. The van der Waals surface area contributed by atoms with Crippen LogP contribution in [0.15, 0.2) is 49.1 Å². The topological polar surface area (TPSA) is 76.9 Å². The van der Waals surface area contributed by atoms with Gasteiger partial charge in [0.1, 0.15) is 19.0 Å². The van der Waals surface area contributed by atoms with Crippen LogP contribution < -0.4 is 0 Å². The first-order chi connectivity index (χ1) is 13.5. The fourth-order valence-electron chi connectivity index (χ4n) is 3.88. The first kappa shape index (κ1) is 18.9. The molecule has 1 amide bonds. The number of benzene rings is 1. The van der Waals surface area contributed by atoms with E-state index in [1.807, 2.05) is 43.4 Å². The molecule has 148 valence electrons. The summed E-state index contributed by atoms with van der Waals surface area (Å²) >= 11 is 0. The SMILES string of the molecule is C[Si]1(C)OC(=O)[C@@H]2CC[C@@H](N(OCc3ccccc3)C(=O)n3ccnc3)CN21. The Labute approximate surface area is 164 Å². The highest BCUT2D eigenvalue weighted by Gasteiger charge is 2.53. The van der Waals surface area contributed by atoms with Crippen LogP contribution in [0.1, 0.15) is 18.4 Å². The van der Waals surface area contributed by atoms with Crippen LogP contribution in [0.3, 0.4) is 0 Å². The highest BCUT2D eigenvalue weighted by Crippen LogP contribution is 2.33. The van der Waals surface area contributed by atoms with Gasteiger partial charge in [-0.1, -0.05) is 30.3 Å². The fraction of sp³-hybridized carbons (Fsp3) is 0.421. The third kappa shape index (κ3) is 3.60. The number of hydrogen-bond donors (Lipinski definition) is 0. The molecule has 2 aliphatic rings. The van der Waals surface area contributed by atoms with Crippen LogP contribution >= 0.6 is 0 Å². The zero-order valence-corrected chi connectivity index (χ0v) is 17.0. The summed E-state index contributed by atoms with van der Waals surface area (Å²) in [4.78, 5) is 35.2. The van der Waals surface area contributed by atoms with Crippen LogP contribution in [0.4, 0.5) is 4.79 Å². The van der Waals surface area contributed by atoms with Gasteiger partial charge in [0, 0.05) is 18.9 Å². The number of hydrogen-bond acceptors (Lipinski definition) is 6. The Bertz CT molecular complexity index is 843. The molecule has 2 fully saturated rings. The first-order valence-electron chi connectivity index (χ1n) is 9.43. The first-order valence-corrected chi connectivity index (χ1v) is 12.3. The molecule has 1 aromatic carbocycles. The second-order valence-electron chi connectivity index (χ2n) is 7.60. The van der Waals surface area contributed by atoms with Gasteiger partial charge in [0.05, 0.1) is 6.04 Å². The van der Waals surface area contributed by atoms with Crippen molar-refractivity contribution in [1.29, 1.82) is 0 Å². The minimum absolute atomic E-state index is 0.132. The molecule has 0 unspecified atom stereocenters. The van der Waals surface area contributed by atoms with Crippen molar-refractivity contribution in [3.63, 3.8) is 0 Å². The van der Waals surface area contributed by atoms with Gasteiger partial charge in [-0.3, -0.25) is 18.8 Å². The number of carbonyl (C=O) groups excluding carboxylic acids is 2. The van der Waals surface area contributed by atoms with Crippen LogP contribution in [0, 0.1) is 0 Å². The zero-order chi connectivity index (χ0) is 19.7. The van der Waals surface area contributed by atoms with E-state index in [4.69, 9.17) is 9.26 Å². The standard InChI is InChI=1S/C19H24N4O4Si/c1-28(2)22-12-16(8-9-17(22)18(24)27-28)23(19(25)21-11-10-20-14-21)26-13-15-6-4-3-5-7-15/h3-7,10-11,14,16-17H,8-9,12-13H2,1-2H3/t16-,17+/m1/s1. The van der Waals surface area contributed by atoms with Gasteiger partial charge < -0.3 is 4.43 Å². The average Bonchev–Trinajstić information content (AvgIpc) is 3.30. The normalized spacial score (nSPS) is 23.9. The molecule has 0 aliphatic carbocycles. The van der Waals surface area contributed by atoms with Gasteiger partial charge in [-0.2, -0.15) is 5.06 Å². The van der Waals surface area contributed by atoms with Crippen LogP contribution in [-0.2, 0) is 20.7 Å². The number of rotatable bonds is 4. The molecular formula is C19H24N4O4Si. The van der Waals surface area contributed by atoms with Crippen LogP contribution in [0.25, 0.3) is 0 Å². The second kappa shape index (κ2) is 7.49. The van der Waals surface area contributed by atoms with Crippen molar-refractivity contribution in [3.05, 3.63) is 54.6 Å². The highest BCUT2D eigenvalue weighted by atomic mass is 28.4. The lowest BCUT2D eigenvalue weighted by atomic mass is 10.0. The number of nitrogens with zero attached hydrogens (tertiary/aromatic N) is 4. The molecular weight excluding hydrogens is 376 g/mol. The Morgan fingerprint density at radius 1 is 1.32 bits per heavy atom. The average molecular weight is 401 g/mol. The van der Waals surface area contributed by atoms with Crippen LogP contribution in [0.5, 0.6) is 0 Å². The van der Waals surface area contributed by atoms with Crippen molar-refractivity contribution < 1.29 is 18.9 Å². The van der Waals surface area contributed by atoms with Gasteiger partial charge in [0.25, 0.3) is 0 Å². The Kier molecular flexibility index (Phi) is 5.05. The summed E-state index contributed by atoms with van der Waals surface area (Å²) in [5.74, 6) is -0.132. The van der Waals surface area contributed by atoms with E-state index in [2.05, 4.69) is 9.55 Å². The Balaban J connectivity index is 1.54. The smallest absolute Gasteiger partial charge is 0.353 e. The molecule has 0 bridgehead atoms. The molecule has 1 aromatic heterocycles. The van der Waals surface area contributed by atoms with Gasteiger partial charge in [-0.25, -0.2) is 9.78 Å². The summed E-state index contributed by atoms with van der Waals surface area (Å²) in [5.41, 5.74) is 0.981. The third-order valence-electron chi connectivity index (χ3n) is 5.33. The number of imidazole rings is 1. The third-order valence-corrected chi connectivity index (χ3v) is 7.91. The lowest BCUT2D eigenvalue weighted by molar-refractivity contribution is -0.164. The lowest BCUT2D eigenvalue weighted by Crippen LogP contribution is -2.59. The molecule has 9 heteroatoms. The molecule has 2 aliphatic heterocycles. The van der Waals surface area contributed by atoms with E-state index in [0.29, 0.717) is 19.4 Å². The molecule has 2 saturated heterocycles. The summed E-state index contributed by atoms with van der Waals surface area (Å²) in [6.07, 6.45) is 5.97. The second-order valence-corrected chi connectivity index (χ2v) is 11.3. The van der Waals surface area contributed by atoms with E-state index in [0.717, 1.165) is 5.56 Å². The van der Waals surface area contributed by atoms with Gasteiger partial charge in [0.15, 0.2) is 0 Å². The summed E-state index contributed by atoms with van der Waals surface area (Å²) < 4.78 is 9.22. The van der Waals surface area contributed by atoms with E-state index in [-0.39, 0.29) is 30.7 Å². The van der Waals surface area contributed by atoms with Gasteiger partial charge in [0.2, 0.25) is 0 Å². The van der Waals surface area contributed by atoms with Crippen molar-refractivity contribution in [2.45, 2.75) is 44.6 Å². The highest BCUT2D eigenvalue weighted by molar-refractivity contribution is 6.71. The fourth-order valence-corrected chi connectivity index (χ4v) is 6.26. The maximum absolute atomic E-state index is 13.1. The van der Waals surface area contributed by atoms with Gasteiger partial charge >= 0.3 is 20.5 Å². The molecule has 0 saturated carbocycles. The maximum atomic E-state index is 13.1. The summed E-state index contributed by atoms with van der Waals surface area (Å²) in [6, 6.07) is 9.08. The number of amides is 1. The summed E-state index contributed by atoms with van der Waals surface area (Å²) in [7, 11) is -2.27.